The average Bonchev–Trinajstić information content (AvgIpc) is 3.34. The molecule has 4 rings (SSSR count). The Balaban J connectivity index is 1.47. The van der Waals surface area contributed by atoms with Gasteiger partial charge in [-0.15, -0.1) is 0 Å². The SMILES string of the molecule is O=C(NC(Cc1ccccc1)C(=O)N1C[C@@H](O)[C@@H](O)C1)Oc1cc2oc(Br)cc2[nH]1. The molecule has 10 heteroatoms. The Bertz CT molecular complexity index is 1010. The lowest BCUT2D eigenvalue weighted by atomic mass is 10.1. The van der Waals surface area contributed by atoms with E-state index < -0.39 is 30.3 Å². The Hall–Kier alpha value is -2.82. The number of aromatic nitrogens is 1. The van der Waals surface area contributed by atoms with Gasteiger partial charge in [-0.25, -0.2) is 4.79 Å². The first-order valence-corrected chi connectivity index (χ1v) is 10.1. The second kappa shape index (κ2) is 8.50. The van der Waals surface area contributed by atoms with Gasteiger partial charge in [0.05, 0.1) is 17.7 Å². The minimum atomic E-state index is -1.01. The fourth-order valence-corrected chi connectivity index (χ4v) is 3.82. The molecule has 9 nitrogen and oxygen atoms in total. The van der Waals surface area contributed by atoms with E-state index in [0.717, 1.165) is 5.56 Å². The van der Waals surface area contributed by atoms with Gasteiger partial charge >= 0.3 is 6.09 Å². The number of benzene rings is 1. The second-order valence-electron chi connectivity index (χ2n) is 7.12. The van der Waals surface area contributed by atoms with Crippen molar-refractivity contribution in [1.82, 2.24) is 15.2 Å². The molecule has 30 heavy (non-hydrogen) atoms. The van der Waals surface area contributed by atoms with E-state index in [-0.39, 0.29) is 25.4 Å². The molecule has 1 aliphatic heterocycles. The molecule has 0 radical (unpaired) electrons. The highest BCUT2D eigenvalue weighted by Gasteiger charge is 2.36. The number of aliphatic hydroxyl groups excluding tert-OH is 2. The van der Waals surface area contributed by atoms with Gasteiger partial charge < -0.3 is 34.6 Å². The zero-order chi connectivity index (χ0) is 21.3. The van der Waals surface area contributed by atoms with Crippen LogP contribution in [-0.4, -0.2) is 63.4 Å². The normalized spacial score (nSPS) is 19.8. The summed E-state index contributed by atoms with van der Waals surface area (Å²) < 4.78 is 11.2. The number of nitrogens with zero attached hydrogens (tertiary/aromatic N) is 1. The summed E-state index contributed by atoms with van der Waals surface area (Å²) in [7, 11) is 0. The third-order valence-corrected chi connectivity index (χ3v) is 5.29. The summed E-state index contributed by atoms with van der Waals surface area (Å²) >= 11 is 3.22. The summed E-state index contributed by atoms with van der Waals surface area (Å²) in [6.07, 6.45) is -2.59. The largest absolute Gasteiger partial charge is 0.448 e. The van der Waals surface area contributed by atoms with Crippen LogP contribution >= 0.6 is 15.9 Å². The van der Waals surface area contributed by atoms with Crippen molar-refractivity contribution < 1.29 is 29.0 Å². The number of aromatic amines is 1. The molecule has 3 heterocycles. The maximum Gasteiger partial charge on any atom is 0.414 e. The highest BCUT2D eigenvalue weighted by atomic mass is 79.9. The van der Waals surface area contributed by atoms with Crippen LogP contribution in [0.4, 0.5) is 4.79 Å². The number of carbonyl (C=O) groups is 2. The summed E-state index contributed by atoms with van der Waals surface area (Å²) in [6, 6.07) is 11.5. The third-order valence-electron chi connectivity index (χ3n) is 4.90. The maximum atomic E-state index is 13.0. The van der Waals surface area contributed by atoms with Crippen LogP contribution in [0.5, 0.6) is 5.88 Å². The van der Waals surface area contributed by atoms with Crippen molar-refractivity contribution in [2.24, 2.45) is 0 Å². The van der Waals surface area contributed by atoms with Crippen LogP contribution in [0.2, 0.25) is 0 Å². The van der Waals surface area contributed by atoms with Gasteiger partial charge in [0.1, 0.15) is 6.04 Å². The van der Waals surface area contributed by atoms with Crippen LogP contribution < -0.4 is 10.1 Å². The van der Waals surface area contributed by atoms with Crippen LogP contribution in [-0.2, 0) is 11.2 Å². The fraction of sp³-hybridized carbons (Fsp3) is 0.300. The molecule has 2 aromatic heterocycles. The number of likely N-dealkylation sites (tertiary alicyclic amines) is 1. The Kier molecular flexibility index (Phi) is 5.80. The number of hydrogen-bond donors (Lipinski definition) is 4. The van der Waals surface area contributed by atoms with Crippen LogP contribution in [0.1, 0.15) is 5.56 Å². The van der Waals surface area contributed by atoms with Crippen LogP contribution in [0.3, 0.4) is 0 Å². The molecule has 1 saturated heterocycles. The quantitative estimate of drug-likeness (QED) is 0.443. The van der Waals surface area contributed by atoms with Crippen LogP contribution in [0.25, 0.3) is 11.1 Å². The number of H-pyrrole nitrogens is 1. The molecule has 0 aliphatic carbocycles. The minimum absolute atomic E-state index is 0.00389. The molecule has 1 unspecified atom stereocenters. The van der Waals surface area contributed by atoms with E-state index in [1.54, 1.807) is 6.07 Å². The Labute approximate surface area is 179 Å². The molecule has 4 N–H and O–H groups in total. The predicted octanol–water partition coefficient (Wildman–Crippen LogP) is 1.79. The van der Waals surface area contributed by atoms with E-state index in [1.165, 1.54) is 11.0 Å². The van der Waals surface area contributed by atoms with Crippen molar-refractivity contribution >= 4 is 39.0 Å². The molecule has 0 saturated carbocycles. The molecular formula is C20H20BrN3O6. The van der Waals surface area contributed by atoms with E-state index in [9.17, 15) is 19.8 Å². The second-order valence-corrected chi connectivity index (χ2v) is 7.90. The number of hydrogen-bond acceptors (Lipinski definition) is 6. The zero-order valence-corrected chi connectivity index (χ0v) is 17.3. The van der Waals surface area contributed by atoms with E-state index in [0.29, 0.717) is 15.8 Å². The van der Waals surface area contributed by atoms with Gasteiger partial charge in [0.15, 0.2) is 10.3 Å². The molecule has 158 valence electrons. The first-order valence-electron chi connectivity index (χ1n) is 9.34. The Morgan fingerprint density at radius 3 is 2.60 bits per heavy atom. The van der Waals surface area contributed by atoms with Crippen molar-refractivity contribution in [3.05, 3.63) is 52.7 Å². The lowest BCUT2D eigenvalue weighted by Crippen LogP contribution is -2.50. The lowest BCUT2D eigenvalue weighted by molar-refractivity contribution is -0.132. The molecule has 0 spiro atoms. The van der Waals surface area contributed by atoms with Gasteiger partial charge in [-0.1, -0.05) is 30.3 Å². The highest BCUT2D eigenvalue weighted by molar-refractivity contribution is 9.10. The number of carbonyl (C=O) groups excluding carboxylic acids is 2. The lowest BCUT2D eigenvalue weighted by Gasteiger charge is -2.24. The number of β-amino-alcohol motifs (C(OH)–C–C–N with tert-alkyl or cyclic N) is 2. The maximum absolute atomic E-state index is 13.0. The van der Waals surface area contributed by atoms with Gasteiger partial charge in [-0.3, -0.25) is 4.79 Å². The van der Waals surface area contributed by atoms with E-state index in [1.807, 2.05) is 30.3 Å². The standard InChI is InChI=1S/C20H20BrN3O6/c21-17-7-12-16(29-17)8-18(22-12)30-20(28)23-13(6-11-4-2-1-3-5-11)19(27)24-9-14(25)15(26)10-24/h1-5,7-8,13-15,22,25-26H,6,9-10H2,(H,23,28)/t13?,14-,15+. The molecule has 0 bridgehead atoms. The number of ether oxygens (including phenoxy) is 1. The number of furan rings is 1. The first kappa shape index (κ1) is 20.5. The summed E-state index contributed by atoms with van der Waals surface area (Å²) in [5.74, 6) is -0.234. The topological polar surface area (TPSA) is 128 Å². The number of fused-ring (bicyclic) bond motifs is 1. The van der Waals surface area contributed by atoms with Crippen molar-refractivity contribution in [2.75, 3.05) is 13.1 Å². The van der Waals surface area contributed by atoms with E-state index in [4.69, 9.17) is 9.15 Å². The van der Waals surface area contributed by atoms with E-state index >= 15 is 0 Å². The van der Waals surface area contributed by atoms with Gasteiger partial charge in [-0.2, -0.15) is 0 Å². The van der Waals surface area contributed by atoms with Crippen molar-refractivity contribution in [3.63, 3.8) is 0 Å². The number of amides is 2. The monoisotopic (exact) mass is 477 g/mol. The van der Waals surface area contributed by atoms with Gasteiger partial charge in [0, 0.05) is 31.6 Å². The predicted molar refractivity (Wildman–Crippen MR) is 110 cm³/mol. The summed E-state index contributed by atoms with van der Waals surface area (Å²) in [6.45, 7) is 0.00777. The number of aliphatic hydroxyl groups is 2. The molecular weight excluding hydrogens is 458 g/mol. The molecule has 3 aromatic rings. The number of halogens is 1. The summed E-state index contributed by atoms with van der Waals surface area (Å²) in [5, 5.41) is 22.1. The van der Waals surface area contributed by atoms with Gasteiger partial charge in [0.2, 0.25) is 11.8 Å². The zero-order valence-electron chi connectivity index (χ0n) is 15.7. The molecule has 1 aliphatic rings. The minimum Gasteiger partial charge on any atom is -0.448 e. The van der Waals surface area contributed by atoms with Crippen LogP contribution in [0, 0.1) is 0 Å². The molecule has 3 atom stereocenters. The van der Waals surface area contributed by atoms with Crippen molar-refractivity contribution in [3.8, 4) is 5.88 Å². The molecule has 1 fully saturated rings. The molecule has 1 aromatic carbocycles. The average molecular weight is 478 g/mol. The van der Waals surface area contributed by atoms with E-state index in [2.05, 4.69) is 26.2 Å². The van der Waals surface area contributed by atoms with Gasteiger partial charge in [-0.05, 0) is 21.5 Å². The summed E-state index contributed by atoms with van der Waals surface area (Å²) in [5.41, 5.74) is 2.02. The smallest absolute Gasteiger partial charge is 0.414 e. The fourth-order valence-electron chi connectivity index (χ4n) is 3.41. The number of nitrogens with one attached hydrogen (secondary N) is 2. The Morgan fingerprint density at radius 2 is 1.93 bits per heavy atom. The summed E-state index contributed by atoms with van der Waals surface area (Å²) in [4.78, 5) is 29.7. The van der Waals surface area contributed by atoms with Crippen molar-refractivity contribution in [2.45, 2.75) is 24.7 Å². The number of rotatable bonds is 5. The van der Waals surface area contributed by atoms with Crippen LogP contribution in [0.15, 0.2) is 51.6 Å². The van der Waals surface area contributed by atoms with Crippen molar-refractivity contribution in [1.29, 1.82) is 0 Å². The Morgan fingerprint density at radius 1 is 1.23 bits per heavy atom. The third kappa shape index (κ3) is 4.50. The highest BCUT2D eigenvalue weighted by Crippen LogP contribution is 2.26. The molecule has 2 amide bonds. The van der Waals surface area contributed by atoms with Gasteiger partial charge in [0.25, 0.3) is 0 Å². The first-order chi connectivity index (χ1) is 14.4.